The molecule has 1 fully saturated rings. The highest BCUT2D eigenvalue weighted by Gasteiger charge is 2.24. The van der Waals surface area contributed by atoms with Gasteiger partial charge in [0, 0.05) is 18.8 Å². The first kappa shape index (κ1) is 15.3. The Morgan fingerprint density at radius 3 is 2.91 bits per heavy atom. The van der Waals surface area contributed by atoms with Crippen LogP contribution in [-0.4, -0.2) is 20.6 Å². The lowest BCUT2D eigenvalue weighted by molar-refractivity contribution is -0.118. The smallest absolute Gasteiger partial charge is 0.173 e. The van der Waals surface area contributed by atoms with Gasteiger partial charge < -0.3 is 0 Å². The van der Waals surface area contributed by atoms with Gasteiger partial charge in [0.05, 0.1) is 10.9 Å². The van der Waals surface area contributed by atoms with E-state index in [1.54, 1.807) is 11.8 Å². The average molecular weight is 314 g/mol. The van der Waals surface area contributed by atoms with Gasteiger partial charge in [-0.2, -0.15) is 0 Å². The van der Waals surface area contributed by atoms with Crippen LogP contribution in [0.4, 0.5) is 0 Å². The van der Waals surface area contributed by atoms with E-state index in [0.717, 1.165) is 36.5 Å². The van der Waals surface area contributed by atoms with E-state index < -0.39 is 0 Å². The zero-order chi connectivity index (χ0) is 15.5. The second-order valence-electron chi connectivity index (χ2n) is 6.04. The van der Waals surface area contributed by atoms with Crippen molar-refractivity contribution in [1.29, 1.82) is 0 Å². The number of carbonyl (C=O) groups excluding carboxylic acids is 1. The van der Waals surface area contributed by atoms with E-state index in [0.29, 0.717) is 5.78 Å². The summed E-state index contributed by atoms with van der Waals surface area (Å²) in [6.45, 7) is 4.22. The van der Waals surface area contributed by atoms with Gasteiger partial charge in [0.15, 0.2) is 5.16 Å². The summed E-state index contributed by atoms with van der Waals surface area (Å²) < 4.78 is 2.11. The molecule has 22 heavy (non-hydrogen) atoms. The normalized spacial score (nSPS) is 19.2. The largest absolute Gasteiger partial charge is 0.298 e. The Morgan fingerprint density at radius 1 is 1.23 bits per heavy atom. The van der Waals surface area contributed by atoms with E-state index in [-0.39, 0.29) is 5.25 Å². The predicted octanol–water partition coefficient (Wildman–Crippen LogP) is 4.48. The maximum atomic E-state index is 12.2. The van der Waals surface area contributed by atoms with Crippen molar-refractivity contribution in [2.75, 3.05) is 0 Å². The van der Waals surface area contributed by atoms with Gasteiger partial charge in [-0.05, 0) is 38.3 Å². The first-order chi connectivity index (χ1) is 10.6. The number of nitrogens with zero attached hydrogens (tertiary/aromatic N) is 2. The van der Waals surface area contributed by atoms with Crippen LogP contribution in [0.25, 0.3) is 5.69 Å². The Balaban J connectivity index is 1.87. The second-order valence-corrected chi connectivity index (χ2v) is 7.21. The van der Waals surface area contributed by atoms with Crippen molar-refractivity contribution >= 4 is 17.5 Å². The minimum Gasteiger partial charge on any atom is -0.298 e. The summed E-state index contributed by atoms with van der Waals surface area (Å²) in [4.78, 5) is 16.7. The van der Waals surface area contributed by atoms with E-state index in [2.05, 4.69) is 41.6 Å². The minimum absolute atomic E-state index is 0.0643. The number of aromatic nitrogens is 2. The van der Waals surface area contributed by atoms with E-state index in [1.165, 1.54) is 17.5 Å². The average Bonchev–Trinajstić information content (AvgIpc) is 2.83. The first-order valence-electron chi connectivity index (χ1n) is 7.95. The topological polar surface area (TPSA) is 34.9 Å². The van der Waals surface area contributed by atoms with Gasteiger partial charge in [-0.3, -0.25) is 9.36 Å². The van der Waals surface area contributed by atoms with Crippen LogP contribution >= 0.6 is 11.8 Å². The molecular formula is C18H22N2OS. The standard InChI is InChI=1S/C18H22N2OS/c1-13-8-9-15(14(2)12-13)20-11-10-19-18(20)22-17-7-5-3-4-6-16(17)21/h8-12,17H,3-7H2,1-2H3/t17-/m1/s1. The van der Waals surface area contributed by atoms with Gasteiger partial charge in [-0.1, -0.05) is 42.3 Å². The minimum atomic E-state index is 0.0643. The van der Waals surface area contributed by atoms with Crippen molar-refractivity contribution in [3.05, 3.63) is 41.7 Å². The molecule has 1 aliphatic rings. The highest BCUT2D eigenvalue weighted by atomic mass is 32.2. The molecule has 1 aromatic heterocycles. The van der Waals surface area contributed by atoms with Crippen molar-refractivity contribution < 1.29 is 4.79 Å². The van der Waals surface area contributed by atoms with E-state index in [4.69, 9.17) is 0 Å². The van der Waals surface area contributed by atoms with Crippen LogP contribution in [0.2, 0.25) is 0 Å². The molecule has 0 spiro atoms. The molecule has 2 aromatic rings. The van der Waals surface area contributed by atoms with Gasteiger partial charge in [-0.15, -0.1) is 0 Å². The monoisotopic (exact) mass is 314 g/mol. The molecular weight excluding hydrogens is 292 g/mol. The molecule has 0 N–H and O–H groups in total. The molecule has 1 atom stereocenters. The summed E-state index contributed by atoms with van der Waals surface area (Å²) in [6, 6.07) is 6.43. The van der Waals surface area contributed by atoms with Crippen LogP contribution in [-0.2, 0) is 4.79 Å². The quantitative estimate of drug-likeness (QED) is 0.783. The molecule has 0 aliphatic heterocycles. The van der Waals surface area contributed by atoms with Gasteiger partial charge in [0.1, 0.15) is 5.78 Å². The summed E-state index contributed by atoms with van der Waals surface area (Å²) in [5.74, 6) is 0.387. The number of thioether (sulfide) groups is 1. The molecule has 116 valence electrons. The SMILES string of the molecule is Cc1ccc(-n2ccnc2S[C@@H]2CCCCCC2=O)c(C)c1. The molecule has 0 saturated heterocycles. The lowest BCUT2D eigenvalue weighted by Gasteiger charge is -2.15. The third kappa shape index (κ3) is 3.27. The predicted molar refractivity (Wildman–Crippen MR) is 90.8 cm³/mol. The fourth-order valence-electron chi connectivity index (χ4n) is 3.02. The molecule has 1 aromatic carbocycles. The number of hydrogen-bond donors (Lipinski definition) is 0. The lowest BCUT2D eigenvalue weighted by atomic mass is 10.1. The van der Waals surface area contributed by atoms with E-state index in [1.807, 2.05) is 12.4 Å². The maximum absolute atomic E-state index is 12.2. The highest BCUT2D eigenvalue weighted by Crippen LogP contribution is 2.32. The second kappa shape index (κ2) is 6.69. The van der Waals surface area contributed by atoms with Crippen LogP contribution in [0.3, 0.4) is 0 Å². The summed E-state index contributed by atoms with van der Waals surface area (Å²) in [6.07, 6.45) is 8.87. The number of rotatable bonds is 3. The van der Waals surface area contributed by atoms with Crippen molar-refractivity contribution in [2.45, 2.75) is 56.4 Å². The Hall–Kier alpha value is -1.55. The number of carbonyl (C=O) groups is 1. The fourth-order valence-corrected chi connectivity index (χ4v) is 4.20. The third-order valence-corrected chi connectivity index (χ3v) is 5.51. The van der Waals surface area contributed by atoms with Crippen molar-refractivity contribution in [2.24, 2.45) is 0 Å². The van der Waals surface area contributed by atoms with E-state index >= 15 is 0 Å². The van der Waals surface area contributed by atoms with Crippen LogP contribution in [0.5, 0.6) is 0 Å². The summed E-state index contributed by atoms with van der Waals surface area (Å²) in [5, 5.41) is 0.988. The van der Waals surface area contributed by atoms with Crippen LogP contribution in [0, 0.1) is 13.8 Å². The molecule has 4 heteroatoms. The zero-order valence-corrected chi connectivity index (χ0v) is 14.0. The Kier molecular flexibility index (Phi) is 4.67. The lowest BCUT2D eigenvalue weighted by Crippen LogP contribution is -2.15. The first-order valence-corrected chi connectivity index (χ1v) is 8.83. The van der Waals surface area contributed by atoms with Crippen molar-refractivity contribution in [3.8, 4) is 5.69 Å². The highest BCUT2D eigenvalue weighted by molar-refractivity contribution is 8.00. The van der Waals surface area contributed by atoms with E-state index in [9.17, 15) is 4.79 Å². The fraction of sp³-hybridized carbons (Fsp3) is 0.444. The Labute approximate surface area is 136 Å². The number of imidazole rings is 1. The van der Waals surface area contributed by atoms with Gasteiger partial charge in [0.2, 0.25) is 0 Å². The molecule has 0 radical (unpaired) electrons. The maximum Gasteiger partial charge on any atom is 0.173 e. The van der Waals surface area contributed by atoms with Crippen molar-refractivity contribution in [1.82, 2.24) is 9.55 Å². The number of hydrogen-bond acceptors (Lipinski definition) is 3. The molecule has 1 saturated carbocycles. The van der Waals surface area contributed by atoms with Gasteiger partial charge in [0.25, 0.3) is 0 Å². The molecule has 1 aliphatic carbocycles. The van der Waals surface area contributed by atoms with Crippen LogP contribution in [0.15, 0.2) is 35.7 Å². The molecule has 1 heterocycles. The van der Waals surface area contributed by atoms with Crippen LogP contribution < -0.4 is 0 Å². The zero-order valence-electron chi connectivity index (χ0n) is 13.2. The van der Waals surface area contributed by atoms with Gasteiger partial charge >= 0.3 is 0 Å². The molecule has 0 amide bonds. The summed E-state index contributed by atoms with van der Waals surface area (Å²) >= 11 is 1.63. The Morgan fingerprint density at radius 2 is 2.09 bits per heavy atom. The number of Topliss-reactive ketones (excluding diaryl/α,β-unsaturated/α-hetero) is 1. The van der Waals surface area contributed by atoms with Crippen LogP contribution in [0.1, 0.15) is 43.2 Å². The number of benzene rings is 1. The number of ketones is 1. The molecule has 3 nitrogen and oxygen atoms in total. The van der Waals surface area contributed by atoms with Crippen molar-refractivity contribution in [3.63, 3.8) is 0 Å². The summed E-state index contributed by atoms with van der Waals surface area (Å²) in [7, 11) is 0. The third-order valence-electron chi connectivity index (χ3n) is 4.21. The Bertz CT molecular complexity index is 677. The summed E-state index contributed by atoms with van der Waals surface area (Å²) in [5.41, 5.74) is 3.63. The molecule has 0 unspecified atom stereocenters. The van der Waals surface area contributed by atoms with Gasteiger partial charge in [-0.25, -0.2) is 4.98 Å². The molecule has 3 rings (SSSR count). The molecule has 0 bridgehead atoms. The number of aryl methyl sites for hydroxylation is 2.